The molecule has 0 amide bonds. The highest BCUT2D eigenvalue weighted by Gasteiger charge is 2.29. The van der Waals surface area contributed by atoms with E-state index < -0.39 is 0 Å². The Bertz CT molecular complexity index is 728. The van der Waals surface area contributed by atoms with Crippen LogP contribution in [0.15, 0.2) is 42.0 Å². The Morgan fingerprint density at radius 1 is 1.33 bits per heavy atom. The van der Waals surface area contributed by atoms with E-state index in [1.807, 2.05) is 12.1 Å². The van der Waals surface area contributed by atoms with Crippen LogP contribution in [-0.2, 0) is 13.1 Å². The second kappa shape index (κ2) is 5.16. The van der Waals surface area contributed by atoms with Gasteiger partial charge in [-0.25, -0.2) is 4.98 Å². The summed E-state index contributed by atoms with van der Waals surface area (Å²) in [7, 11) is 0. The Morgan fingerprint density at radius 3 is 3.00 bits per heavy atom. The van der Waals surface area contributed by atoms with Crippen LogP contribution in [0.2, 0.25) is 0 Å². The summed E-state index contributed by atoms with van der Waals surface area (Å²) in [6.07, 6.45) is 6.80. The number of nitrogen functional groups attached to an aromatic ring is 1. The van der Waals surface area contributed by atoms with Crippen LogP contribution in [-0.4, -0.2) is 20.3 Å². The van der Waals surface area contributed by atoms with Crippen LogP contribution in [0.25, 0.3) is 4.96 Å². The van der Waals surface area contributed by atoms with Gasteiger partial charge in [0.05, 0.1) is 5.69 Å². The van der Waals surface area contributed by atoms with Gasteiger partial charge in [-0.15, -0.1) is 11.3 Å². The SMILES string of the molecule is Nc1cccc(CN(Cc2cn3ccsc3n2)C2CC2)c1. The van der Waals surface area contributed by atoms with Gasteiger partial charge in [0.15, 0.2) is 4.96 Å². The topological polar surface area (TPSA) is 46.6 Å². The maximum atomic E-state index is 5.88. The van der Waals surface area contributed by atoms with Gasteiger partial charge < -0.3 is 5.73 Å². The van der Waals surface area contributed by atoms with Crippen LogP contribution < -0.4 is 5.73 Å². The number of hydrogen-bond acceptors (Lipinski definition) is 4. The summed E-state index contributed by atoms with van der Waals surface area (Å²) in [5.74, 6) is 0. The number of benzene rings is 1. The van der Waals surface area contributed by atoms with Crippen molar-refractivity contribution >= 4 is 22.0 Å². The molecule has 1 aliphatic rings. The summed E-state index contributed by atoms with van der Waals surface area (Å²) in [5.41, 5.74) is 9.15. The molecule has 108 valence electrons. The van der Waals surface area contributed by atoms with E-state index in [0.29, 0.717) is 6.04 Å². The minimum atomic E-state index is 0.700. The van der Waals surface area contributed by atoms with Gasteiger partial charge in [-0.1, -0.05) is 12.1 Å². The van der Waals surface area contributed by atoms with E-state index in [1.165, 1.54) is 18.4 Å². The van der Waals surface area contributed by atoms with E-state index in [-0.39, 0.29) is 0 Å². The summed E-state index contributed by atoms with van der Waals surface area (Å²) in [4.78, 5) is 8.29. The number of thiazole rings is 1. The van der Waals surface area contributed by atoms with Gasteiger partial charge in [0.25, 0.3) is 0 Å². The van der Waals surface area contributed by atoms with Crippen LogP contribution in [0.4, 0.5) is 5.69 Å². The third kappa shape index (κ3) is 2.80. The van der Waals surface area contributed by atoms with Crippen molar-refractivity contribution in [1.82, 2.24) is 14.3 Å². The molecule has 0 aliphatic heterocycles. The van der Waals surface area contributed by atoms with Gasteiger partial charge in [-0.2, -0.15) is 0 Å². The lowest BCUT2D eigenvalue weighted by molar-refractivity contribution is 0.243. The molecule has 5 heteroatoms. The van der Waals surface area contributed by atoms with Gasteiger partial charge in [-0.3, -0.25) is 9.30 Å². The molecule has 0 radical (unpaired) electrons. The lowest BCUT2D eigenvalue weighted by Gasteiger charge is -2.21. The minimum absolute atomic E-state index is 0.700. The van der Waals surface area contributed by atoms with E-state index in [4.69, 9.17) is 10.7 Å². The molecule has 0 saturated heterocycles. The molecule has 1 aliphatic carbocycles. The number of rotatable bonds is 5. The molecule has 2 aromatic heterocycles. The Kier molecular flexibility index (Phi) is 3.16. The number of anilines is 1. The quantitative estimate of drug-likeness (QED) is 0.736. The Morgan fingerprint density at radius 2 is 2.24 bits per heavy atom. The first kappa shape index (κ1) is 12.9. The summed E-state index contributed by atoms with van der Waals surface area (Å²) >= 11 is 1.68. The highest BCUT2D eigenvalue weighted by atomic mass is 32.1. The van der Waals surface area contributed by atoms with Crippen molar-refractivity contribution < 1.29 is 0 Å². The zero-order valence-corrected chi connectivity index (χ0v) is 12.6. The zero-order chi connectivity index (χ0) is 14.2. The highest BCUT2D eigenvalue weighted by molar-refractivity contribution is 7.15. The molecule has 1 saturated carbocycles. The summed E-state index contributed by atoms with van der Waals surface area (Å²) in [5, 5.41) is 2.07. The van der Waals surface area contributed by atoms with Crippen LogP contribution in [0.3, 0.4) is 0 Å². The highest BCUT2D eigenvalue weighted by Crippen LogP contribution is 2.30. The second-order valence-electron chi connectivity index (χ2n) is 5.71. The number of fused-ring (bicyclic) bond motifs is 1. The largest absolute Gasteiger partial charge is 0.399 e. The number of nitrogens with zero attached hydrogens (tertiary/aromatic N) is 3. The predicted molar refractivity (Wildman–Crippen MR) is 86.2 cm³/mol. The summed E-state index contributed by atoms with van der Waals surface area (Å²) in [6.45, 7) is 1.86. The van der Waals surface area contributed by atoms with Gasteiger partial charge in [0, 0.05) is 42.6 Å². The maximum Gasteiger partial charge on any atom is 0.193 e. The van der Waals surface area contributed by atoms with Crippen LogP contribution in [0.1, 0.15) is 24.1 Å². The Hall–Kier alpha value is -1.85. The van der Waals surface area contributed by atoms with Gasteiger partial charge in [0.2, 0.25) is 0 Å². The fraction of sp³-hybridized carbons (Fsp3) is 0.312. The van der Waals surface area contributed by atoms with Crippen molar-refractivity contribution in [3.05, 3.63) is 53.3 Å². The van der Waals surface area contributed by atoms with E-state index in [0.717, 1.165) is 29.4 Å². The Labute approximate surface area is 127 Å². The second-order valence-corrected chi connectivity index (χ2v) is 6.58. The zero-order valence-electron chi connectivity index (χ0n) is 11.8. The van der Waals surface area contributed by atoms with Crippen molar-refractivity contribution in [3.63, 3.8) is 0 Å². The fourth-order valence-electron chi connectivity index (χ4n) is 2.74. The van der Waals surface area contributed by atoms with Crippen molar-refractivity contribution in [3.8, 4) is 0 Å². The van der Waals surface area contributed by atoms with Gasteiger partial charge >= 0.3 is 0 Å². The molecule has 4 nitrogen and oxygen atoms in total. The van der Waals surface area contributed by atoms with Gasteiger partial charge in [-0.05, 0) is 30.5 Å². The summed E-state index contributed by atoms with van der Waals surface area (Å²) in [6, 6.07) is 8.89. The number of imidazole rings is 1. The lowest BCUT2D eigenvalue weighted by atomic mass is 10.2. The molecule has 0 bridgehead atoms. The fourth-order valence-corrected chi connectivity index (χ4v) is 3.46. The third-order valence-corrected chi connectivity index (χ3v) is 4.68. The first-order valence-electron chi connectivity index (χ1n) is 7.27. The summed E-state index contributed by atoms with van der Waals surface area (Å²) < 4.78 is 2.10. The minimum Gasteiger partial charge on any atom is -0.399 e. The first-order valence-corrected chi connectivity index (χ1v) is 8.15. The molecule has 2 heterocycles. The van der Waals surface area contributed by atoms with Crippen molar-refractivity contribution in [1.29, 1.82) is 0 Å². The molecule has 21 heavy (non-hydrogen) atoms. The standard InChI is InChI=1S/C16H18N4S/c17-13-3-1-2-12(8-13)9-20(15-4-5-15)11-14-10-19-6-7-21-16(19)18-14/h1-3,6-8,10,15H,4-5,9,11,17H2. The van der Waals surface area contributed by atoms with Crippen LogP contribution in [0, 0.1) is 0 Å². The molecule has 1 fully saturated rings. The lowest BCUT2D eigenvalue weighted by Crippen LogP contribution is -2.25. The van der Waals surface area contributed by atoms with E-state index in [9.17, 15) is 0 Å². The van der Waals surface area contributed by atoms with Crippen LogP contribution in [0.5, 0.6) is 0 Å². The van der Waals surface area contributed by atoms with E-state index in [1.54, 1.807) is 11.3 Å². The Balaban J connectivity index is 1.53. The molecule has 4 rings (SSSR count). The third-order valence-electron chi connectivity index (χ3n) is 3.91. The monoisotopic (exact) mass is 298 g/mol. The number of aromatic nitrogens is 2. The van der Waals surface area contributed by atoms with E-state index in [2.05, 4.69) is 39.2 Å². The average Bonchev–Trinajstić information content (AvgIpc) is 3.10. The van der Waals surface area contributed by atoms with Crippen molar-refractivity contribution in [2.24, 2.45) is 0 Å². The molecule has 0 unspecified atom stereocenters. The van der Waals surface area contributed by atoms with Crippen molar-refractivity contribution in [2.45, 2.75) is 32.0 Å². The van der Waals surface area contributed by atoms with Crippen LogP contribution >= 0.6 is 11.3 Å². The molecule has 1 aromatic carbocycles. The molecule has 0 spiro atoms. The first-order chi connectivity index (χ1) is 10.3. The normalized spacial score (nSPS) is 15.1. The van der Waals surface area contributed by atoms with E-state index >= 15 is 0 Å². The molecule has 0 atom stereocenters. The molecular formula is C16H18N4S. The maximum absolute atomic E-state index is 5.88. The smallest absolute Gasteiger partial charge is 0.193 e. The molecule has 3 aromatic rings. The predicted octanol–water partition coefficient (Wildman–Crippen LogP) is 3.14. The van der Waals surface area contributed by atoms with Gasteiger partial charge in [0.1, 0.15) is 0 Å². The molecular weight excluding hydrogens is 280 g/mol. The number of hydrogen-bond donors (Lipinski definition) is 1. The van der Waals surface area contributed by atoms with Crippen molar-refractivity contribution in [2.75, 3.05) is 5.73 Å². The molecule has 2 N–H and O–H groups in total. The average molecular weight is 298 g/mol. The number of nitrogens with two attached hydrogens (primary N) is 1.